The monoisotopic (exact) mass is 306 g/mol. The Kier molecular flexibility index (Phi) is 4.26. The molecule has 1 aromatic heterocycles. The van der Waals surface area contributed by atoms with Crippen LogP contribution in [0.5, 0.6) is 0 Å². The molecule has 2 atom stereocenters. The van der Waals surface area contributed by atoms with Gasteiger partial charge in [-0.05, 0) is 26.2 Å². The Morgan fingerprint density at radius 3 is 2.86 bits per heavy atom. The van der Waals surface area contributed by atoms with Crippen LogP contribution in [-0.2, 0) is 4.74 Å². The molecular formula is C17H26N2O3. The highest BCUT2D eigenvalue weighted by Crippen LogP contribution is 2.54. The Balaban J connectivity index is 1.70. The molecule has 122 valence electrons. The Labute approximate surface area is 131 Å². The Morgan fingerprint density at radius 1 is 1.50 bits per heavy atom. The molecule has 2 aliphatic rings. The lowest BCUT2D eigenvalue weighted by Gasteiger charge is -2.54. The minimum absolute atomic E-state index is 0.108. The van der Waals surface area contributed by atoms with Crippen LogP contribution in [0.15, 0.2) is 10.8 Å². The third-order valence-electron chi connectivity index (χ3n) is 5.33. The molecule has 1 N–H and O–H groups in total. The summed E-state index contributed by atoms with van der Waals surface area (Å²) in [5.74, 6) is 0.712. The van der Waals surface area contributed by atoms with Crippen LogP contribution in [0.4, 0.5) is 0 Å². The van der Waals surface area contributed by atoms with Gasteiger partial charge in [0, 0.05) is 24.0 Å². The van der Waals surface area contributed by atoms with Gasteiger partial charge in [-0.25, -0.2) is 4.98 Å². The van der Waals surface area contributed by atoms with E-state index in [2.05, 4.69) is 10.3 Å². The Bertz CT molecular complexity index is 532. The van der Waals surface area contributed by atoms with E-state index >= 15 is 0 Å². The summed E-state index contributed by atoms with van der Waals surface area (Å²) in [5.41, 5.74) is 0.580. The van der Waals surface area contributed by atoms with E-state index in [-0.39, 0.29) is 23.3 Å². The number of hydrogen-bond acceptors (Lipinski definition) is 4. The molecule has 0 aromatic carbocycles. The fourth-order valence-corrected chi connectivity index (χ4v) is 4.15. The average molecular weight is 306 g/mol. The van der Waals surface area contributed by atoms with Gasteiger partial charge in [0.25, 0.3) is 5.91 Å². The van der Waals surface area contributed by atoms with Crippen molar-refractivity contribution >= 4 is 5.91 Å². The van der Waals surface area contributed by atoms with Gasteiger partial charge in [-0.2, -0.15) is 0 Å². The number of rotatable bonds is 5. The van der Waals surface area contributed by atoms with Crippen molar-refractivity contribution in [3.63, 3.8) is 0 Å². The molecule has 0 unspecified atom stereocenters. The predicted octanol–water partition coefficient (Wildman–Crippen LogP) is 3.27. The number of nitrogens with one attached hydrogen (secondary N) is 1. The van der Waals surface area contributed by atoms with Crippen LogP contribution in [0.2, 0.25) is 0 Å². The first-order chi connectivity index (χ1) is 10.6. The molecule has 5 nitrogen and oxygen atoms in total. The second kappa shape index (κ2) is 6.03. The minimum atomic E-state index is -0.108. The van der Waals surface area contributed by atoms with Gasteiger partial charge >= 0.3 is 0 Å². The van der Waals surface area contributed by atoms with E-state index in [0.717, 1.165) is 25.9 Å². The van der Waals surface area contributed by atoms with Crippen molar-refractivity contribution in [2.75, 3.05) is 6.61 Å². The maximum absolute atomic E-state index is 12.6. The summed E-state index contributed by atoms with van der Waals surface area (Å²) >= 11 is 0. The smallest absolute Gasteiger partial charge is 0.273 e. The van der Waals surface area contributed by atoms with E-state index in [1.54, 1.807) is 0 Å². The van der Waals surface area contributed by atoms with Crippen molar-refractivity contribution in [3.8, 4) is 0 Å². The zero-order valence-corrected chi connectivity index (χ0v) is 13.7. The first kappa shape index (κ1) is 15.5. The molecule has 0 aliphatic heterocycles. The molecule has 2 fully saturated rings. The van der Waals surface area contributed by atoms with Gasteiger partial charge in [-0.1, -0.05) is 26.7 Å². The van der Waals surface area contributed by atoms with Crippen LogP contribution in [0.3, 0.4) is 0 Å². The molecule has 2 saturated carbocycles. The quantitative estimate of drug-likeness (QED) is 0.907. The third-order valence-corrected chi connectivity index (χ3v) is 5.33. The van der Waals surface area contributed by atoms with Crippen LogP contribution in [0, 0.1) is 5.41 Å². The molecule has 1 spiro atoms. The average Bonchev–Trinajstić information content (AvgIpc) is 3.16. The van der Waals surface area contributed by atoms with E-state index in [1.807, 2.05) is 20.8 Å². The highest BCUT2D eigenvalue weighted by molar-refractivity contribution is 5.93. The van der Waals surface area contributed by atoms with Crippen molar-refractivity contribution in [2.45, 2.75) is 70.9 Å². The number of aromatic nitrogens is 1. The van der Waals surface area contributed by atoms with E-state index in [4.69, 9.17) is 9.15 Å². The molecular weight excluding hydrogens is 280 g/mol. The fraction of sp³-hybridized carbons (Fsp3) is 0.765. The van der Waals surface area contributed by atoms with Gasteiger partial charge in [0.05, 0.1) is 6.10 Å². The number of ether oxygens (including phenoxy) is 1. The highest BCUT2D eigenvalue weighted by Gasteiger charge is 2.57. The van der Waals surface area contributed by atoms with E-state index < -0.39 is 0 Å². The van der Waals surface area contributed by atoms with Crippen molar-refractivity contribution < 1.29 is 13.9 Å². The second-order valence-electron chi connectivity index (χ2n) is 6.87. The maximum atomic E-state index is 12.6. The van der Waals surface area contributed by atoms with Crippen molar-refractivity contribution in [1.82, 2.24) is 10.3 Å². The molecule has 1 amide bonds. The highest BCUT2D eigenvalue weighted by atomic mass is 16.5. The van der Waals surface area contributed by atoms with Gasteiger partial charge in [0.15, 0.2) is 12.1 Å². The number of hydrogen-bond donors (Lipinski definition) is 1. The van der Waals surface area contributed by atoms with Crippen LogP contribution >= 0.6 is 0 Å². The summed E-state index contributed by atoms with van der Waals surface area (Å²) in [6, 6.07) is 0.204. The molecule has 5 heteroatoms. The summed E-state index contributed by atoms with van der Waals surface area (Å²) in [6.45, 7) is 6.79. The lowest BCUT2D eigenvalue weighted by molar-refractivity contribution is -0.127. The summed E-state index contributed by atoms with van der Waals surface area (Å²) in [5, 5.41) is 3.19. The maximum Gasteiger partial charge on any atom is 0.273 e. The normalized spacial score (nSPS) is 26.4. The summed E-state index contributed by atoms with van der Waals surface area (Å²) in [6.07, 6.45) is 7.34. The molecule has 22 heavy (non-hydrogen) atoms. The van der Waals surface area contributed by atoms with Gasteiger partial charge in [0.2, 0.25) is 0 Å². The lowest BCUT2D eigenvalue weighted by Crippen LogP contribution is -2.63. The zero-order valence-electron chi connectivity index (χ0n) is 13.7. The minimum Gasteiger partial charge on any atom is -0.447 e. The molecule has 0 radical (unpaired) electrons. The molecule has 1 aromatic rings. The number of carbonyl (C=O) groups excluding carboxylic acids is 1. The summed E-state index contributed by atoms with van der Waals surface area (Å²) in [7, 11) is 0. The van der Waals surface area contributed by atoms with E-state index in [9.17, 15) is 4.79 Å². The molecule has 1 heterocycles. The number of amides is 1. The lowest BCUT2D eigenvalue weighted by atomic mass is 9.60. The molecule has 2 aliphatic carbocycles. The summed E-state index contributed by atoms with van der Waals surface area (Å²) < 4.78 is 11.3. The first-order valence-corrected chi connectivity index (χ1v) is 8.44. The fourth-order valence-electron chi connectivity index (χ4n) is 4.15. The number of nitrogens with zero attached hydrogens (tertiary/aromatic N) is 1. The van der Waals surface area contributed by atoms with Crippen LogP contribution < -0.4 is 5.32 Å². The Morgan fingerprint density at radius 2 is 2.23 bits per heavy atom. The van der Waals surface area contributed by atoms with Crippen LogP contribution in [-0.4, -0.2) is 29.6 Å². The second-order valence-corrected chi connectivity index (χ2v) is 6.87. The topological polar surface area (TPSA) is 64.4 Å². The van der Waals surface area contributed by atoms with Crippen LogP contribution in [0.1, 0.15) is 75.0 Å². The van der Waals surface area contributed by atoms with Gasteiger partial charge in [0.1, 0.15) is 5.76 Å². The van der Waals surface area contributed by atoms with E-state index in [0.29, 0.717) is 17.6 Å². The third kappa shape index (κ3) is 2.45. The Hall–Kier alpha value is -1.36. The van der Waals surface area contributed by atoms with Crippen molar-refractivity contribution in [1.29, 1.82) is 0 Å². The molecule has 0 saturated heterocycles. The van der Waals surface area contributed by atoms with E-state index in [1.165, 1.54) is 19.2 Å². The zero-order chi connectivity index (χ0) is 15.7. The van der Waals surface area contributed by atoms with Crippen molar-refractivity contribution in [3.05, 3.63) is 17.8 Å². The predicted molar refractivity (Wildman–Crippen MR) is 82.8 cm³/mol. The standard InChI is InChI=1S/C17H26N2O3/c1-4-21-13-9-12(17(13)7-5-6-8-17)19-16(20)14-15(11(2)3)22-10-18-14/h10-13H,4-9H2,1-3H3,(H,19,20)/t12-,13+/m0/s1. The van der Waals surface area contributed by atoms with Gasteiger partial charge < -0.3 is 14.5 Å². The van der Waals surface area contributed by atoms with Crippen molar-refractivity contribution in [2.24, 2.45) is 5.41 Å². The SMILES string of the molecule is CCO[C@@H]1C[C@H](NC(=O)c2ncoc2C(C)C)C12CCCC2. The largest absolute Gasteiger partial charge is 0.447 e. The molecule has 3 rings (SSSR count). The number of oxazole rings is 1. The first-order valence-electron chi connectivity index (χ1n) is 8.44. The molecule has 0 bridgehead atoms. The number of carbonyl (C=O) groups is 1. The van der Waals surface area contributed by atoms with Gasteiger partial charge in [-0.15, -0.1) is 0 Å². The van der Waals surface area contributed by atoms with Gasteiger partial charge in [-0.3, -0.25) is 4.79 Å². The van der Waals surface area contributed by atoms with Crippen LogP contribution in [0.25, 0.3) is 0 Å². The summed E-state index contributed by atoms with van der Waals surface area (Å²) in [4.78, 5) is 16.7.